The van der Waals surface area contributed by atoms with Gasteiger partial charge in [0.25, 0.3) is 0 Å². The Bertz CT molecular complexity index is 3590. The largest absolute Gasteiger partial charge is 0.514 e. The SMILES string of the molecule is C[C@H](Cc1ccc(Cl)nn1)c1ccccc1.C[C@H](N)c1ccccc1.Cc1cn(-c2ccc(-c3ccc(N[C@@H](C)c4ccccc4)nn3)nc2CO)cn1.Cc1cn(-c2ccc(B3OC(C)(C)C(C)(C)O3)nc2CO)cn1.Clc1ccc(Cl)nn1. The number of rotatable bonds is 13. The van der Waals surface area contributed by atoms with Gasteiger partial charge < -0.3 is 39.7 Å². The third kappa shape index (κ3) is 18.8. The fourth-order valence-electron chi connectivity index (χ4n) is 8.37. The second-order valence-electron chi connectivity index (χ2n) is 20.9. The highest BCUT2D eigenvalue weighted by atomic mass is 35.5. The highest BCUT2D eigenvalue weighted by molar-refractivity contribution is 6.61. The van der Waals surface area contributed by atoms with E-state index in [2.05, 4.69) is 106 Å². The van der Waals surface area contributed by atoms with E-state index in [0.29, 0.717) is 55.6 Å². The Balaban J connectivity index is 0.000000164. The zero-order valence-corrected chi connectivity index (χ0v) is 51.2. The van der Waals surface area contributed by atoms with Crippen molar-refractivity contribution >= 4 is 53.3 Å². The molecule has 0 spiro atoms. The van der Waals surface area contributed by atoms with Crippen molar-refractivity contribution in [3.63, 3.8) is 0 Å². The second-order valence-corrected chi connectivity index (χ2v) is 22.1. The predicted octanol–water partition coefficient (Wildman–Crippen LogP) is 12.0. The molecule has 11 rings (SSSR count). The topological polar surface area (TPSA) is 236 Å². The molecule has 1 aliphatic rings. The highest BCUT2D eigenvalue weighted by Crippen LogP contribution is 2.36. The molecule has 7 aromatic heterocycles. The van der Waals surface area contributed by atoms with Crippen LogP contribution in [-0.4, -0.2) is 88.2 Å². The maximum atomic E-state index is 9.77. The van der Waals surface area contributed by atoms with Gasteiger partial charge in [0.2, 0.25) is 0 Å². The summed E-state index contributed by atoms with van der Waals surface area (Å²) in [6, 6.07) is 49.1. The first-order chi connectivity index (χ1) is 40.7. The fraction of sp³-hybridized carbons (Fsp3) is 0.270. The van der Waals surface area contributed by atoms with Crippen LogP contribution in [0.4, 0.5) is 5.82 Å². The molecule has 0 radical (unpaired) electrons. The van der Waals surface area contributed by atoms with E-state index in [1.807, 2.05) is 167 Å². The smallest absolute Gasteiger partial charge is 0.398 e. The van der Waals surface area contributed by atoms with Crippen molar-refractivity contribution in [1.82, 2.24) is 59.7 Å². The minimum absolute atomic E-state index is 0.119. The Morgan fingerprint density at radius 1 is 0.541 bits per heavy atom. The van der Waals surface area contributed by atoms with Gasteiger partial charge in [-0.3, -0.25) is 4.98 Å². The molecule has 1 aliphatic heterocycles. The minimum Gasteiger partial charge on any atom is -0.398 e. The lowest BCUT2D eigenvalue weighted by molar-refractivity contribution is 0.00578. The van der Waals surface area contributed by atoms with Crippen LogP contribution in [0.3, 0.4) is 0 Å². The number of pyridine rings is 2. The van der Waals surface area contributed by atoms with E-state index >= 15 is 0 Å². The van der Waals surface area contributed by atoms with Crippen LogP contribution in [0.2, 0.25) is 15.5 Å². The number of nitrogens with two attached hydrogens (primary N) is 1. The van der Waals surface area contributed by atoms with Crippen LogP contribution in [0.15, 0.2) is 177 Å². The van der Waals surface area contributed by atoms with Crippen molar-refractivity contribution < 1.29 is 19.5 Å². The number of hydrogen-bond acceptors (Lipinski definition) is 16. The number of imidazole rings is 2. The van der Waals surface area contributed by atoms with Gasteiger partial charge in [-0.05, 0) is 145 Å². The Kier molecular flexibility index (Phi) is 23.5. The van der Waals surface area contributed by atoms with Crippen LogP contribution >= 0.6 is 34.8 Å². The lowest BCUT2D eigenvalue weighted by atomic mass is 9.84. The standard InChI is InChI=1S/C22H22N6O.C16H22BN3O3.C13H13ClN2.C8H11N.C4H2Cl2N2/c1-15-12-28(14-23-15)21-10-8-18(25-20(21)13-29)19-9-11-22(27-26-19)24-16(2)17-6-4-3-5-7-17;1-11-8-20(10-18-11)13-6-7-14(19-12(13)9-21)17-22-15(2,3)16(4,5)23-17;1-10(11-5-3-2-4-6-11)9-12-7-8-13(14)16-15-12;1-7(9)8-5-3-2-4-6-8;5-3-1-2-4(6)8-7-3/h3-12,14,16,29H,13H2,1-2H3,(H,24,27);6-8,10,21H,9H2,1-5H3;2-8,10H,9H2,1H3;2-7H,9H2,1H3;1-2H/t16-;;10-;7-;/m0.10./s1. The Labute approximate surface area is 512 Å². The molecule has 3 aromatic carbocycles. The normalized spacial score (nSPS) is 13.9. The van der Waals surface area contributed by atoms with Gasteiger partial charge in [-0.15, -0.1) is 25.5 Å². The third-order valence-corrected chi connectivity index (χ3v) is 14.4. The molecule has 3 atom stereocenters. The van der Waals surface area contributed by atoms with Gasteiger partial charge >= 0.3 is 7.12 Å². The molecule has 0 saturated carbocycles. The van der Waals surface area contributed by atoms with Gasteiger partial charge in [0.05, 0.1) is 88.2 Å². The molecule has 8 heterocycles. The molecule has 1 saturated heterocycles. The number of hydrogen-bond donors (Lipinski definition) is 4. The summed E-state index contributed by atoms with van der Waals surface area (Å²) in [6.45, 7) is 17.7. The van der Waals surface area contributed by atoms with E-state index in [-0.39, 0.29) is 25.3 Å². The molecule has 0 amide bonds. The lowest BCUT2D eigenvalue weighted by Gasteiger charge is -2.32. The number of halogens is 3. The van der Waals surface area contributed by atoms with Crippen molar-refractivity contribution in [1.29, 1.82) is 0 Å². The fourth-order valence-corrected chi connectivity index (χ4v) is 8.67. The van der Waals surface area contributed by atoms with E-state index in [1.165, 1.54) is 16.7 Å². The highest BCUT2D eigenvalue weighted by Gasteiger charge is 2.52. The number of nitrogens with one attached hydrogen (secondary N) is 1. The molecule has 10 aromatic rings. The van der Waals surface area contributed by atoms with Crippen molar-refractivity contribution in [2.45, 2.75) is 111 Å². The molecule has 1 fully saturated rings. The summed E-state index contributed by atoms with van der Waals surface area (Å²) in [5, 5.41) is 47.4. The molecular weight excluding hydrogens is 1130 g/mol. The molecule has 0 bridgehead atoms. The van der Waals surface area contributed by atoms with Gasteiger partial charge in [0, 0.05) is 24.5 Å². The Morgan fingerprint density at radius 3 is 1.45 bits per heavy atom. The monoisotopic (exact) mass is 1200 g/mol. The van der Waals surface area contributed by atoms with Crippen molar-refractivity contribution in [2.75, 3.05) is 5.32 Å². The number of aliphatic hydroxyl groups is 2. The van der Waals surface area contributed by atoms with Crippen molar-refractivity contribution in [3.05, 3.63) is 237 Å². The molecular formula is C63H70BCl3N14O4. The average Bonchev–Trinajstić information content (AvgIpc) is 3.35. The molecule has 18 nitrogen and oxygen atoms in total. The minimum atomic E-state index is -0.538. The van der Waals surface area contributed by atoms with Crippen LogP contribution in [0, 0.1) is 13.8 Å². The van der Waals surface area contributed by atoms with Crippen LogP contribution in [-0.2, 0) is 28.9 Å². The first-order valence-electron chi connectivity index (χ1n) is 27.4. The van der Waals surface area contributed by atoms with Crippen LogP contribution in [0.5, 0.6) is 0 Å². The molecule has 22 heteroatoms. The quantitative estimate of drug-likeness (QED) is 0.0786. The van der Waals surface area contributed by atoms with Gasteiger partial charge in [-0.2, -0.15) is 5.10 Å². The second kappa shape index (κ2) is 30.8. The summed E-state index contributed by atoms with van der Waals surface area (Å²) in [5.74, 6) is 1.13. The van der Waals surface area contributed by atoms with E-state index in [9.17, 15) is 10.2 Å². The van der Waals surface area contributed by atoms with E-state index < -0.39 is 18.3 Å². The summed E-state index contributed by atoms with van der Waals surface area (Å²) >= 11 is 16.5. The lowest BCUT2D eigenvalue weighted by Crippen LogP contribution is -2.41. The number of aliphatic hydroxyl groups excluding tert-OH is 2. The van der Waals surface area contributed by atoms with Gasteiger partial charge in [0.15, 0.2) is 15.5 Å². The first kappa shape index (κ1) is 64.7. The zero-order valence-electron chi connectivity index (χ0n) is 49.0. The van der Waals surface area contributed by atoms with E-state index in [0.717, 1.165) is 34.9 Å². The molecule has 440 valence electrons. The average molecular weight is 1200 g/mol. The summed E-state index contributed by atoms with van der Waals surface area (Å²) in [7, 11) is -0.538. The number of aryl methyl sites for hydroxylation is 2. The summed E-state index contributed by atoms with van der Waals surface area (Å²) in [5.41, 5.74) is 15.9. The van der Waals surface area contributed by atoms with Crippen LogP contribution < -0.4 is 16.6 Å². The van der Waals surface area contributed by atoms with Crippen LogP contribution in [0.1, 0.15) is 112 Å². The summed E-state index contributed by atoms with van der Waals surface area (Å²) in [6.07, 6.45) is 8.09. The molecule has 85 heavy (non-hydrogen) atoms. The van der Waals surface area contributed by atoms with E-state index in [4.69, 9.17) is 49.8 Å². The number of nitrogens with zero attached hydrogens (tertiary/aromatic N) is 12. The molecule has 0 unspecified atom stereocenters. The maximum Gasteiger partial charge on any atom is 0.514 e. The van der Waals surface area contributed by atoms with Crippen molar-refractivity contribution in [3.8, 4) is 22.8 Å². The summed E-state index contributed by atoms with van der Waals surface area (Å²) < 4.78 is 15.7. The zero-order chi connectivity index (χ0) is 61.1. The third-order valence-electron chi connectivity index (χ3n) is 13.8. The van der Waals surface area contributed by atoms with Gasteiger partial charge in [-0.1, -0.05) is 133 Å². The van der Waals surface area contributed by atoms with Crippen LogP contribution in [0.25, 0.3) is 22.8 Å². The Morgan fingerprint density at radius 2 is 1.01 bits per heavy atom. The summed E-state index contributed by atoms with van der Waals surface area (Å²) in [4.78, 5) is 17.5. The number of anilines is 1. The first-order valence-corrected chi connectivity index (χ1v) is 28.6. The number of aromatic nitrogens is 12. The van der Waals surface area contributed by atoms with Gasteiger partial charge in [0.1, 0.15) is 11.5 Å². The van der Waals surface area contributed by atoms with Gasteiger partial charge in [-0.25, -0.2) is 15.0 Å². The van der Waals surface area contributed by atoms with E-state index in [1.54, 1.807) is 30.9 Å². The maximum absolute atomic E-state index is 9.77. The molecule has 0 aliphatic carbocycles. The van der Waals surface area contributed by atoms with Crippen molar-refractivity contribution in [2.24, 2.45) is 5.73 Å². The number of benzene rings is 3. The Hall–Kier alpha value is -7.85. The predicted molar refractivity (Wildman–Crippen MR) is 336 cm³/mol. The molecule has 5 N–H and O–H groups in total.